The van der Waals surface area contributed by atoms with Gasteiger partial charge in [0.25, 0.3) is 0 Å². The van der Waals surface area contributed by atoms with Gasteiger partial charge in [-0.2, -0.15) is 0 Å². The molecule has 0 N–H and O–H groups in total. The second-order valence-electron chi connectivity index (χ2n) is 3.53. The molecule has 0 bridgehead atoms. The summed E-state index contributed by atoms with van der Waals surface area (Å²) in [5.41, 5.74) is 1.05. The van der Waals surface area contributed by atoms with Crippen molar-refractivity contribution >= 4 is 23.6 Å². The molecule has 0 unspecified atom stereocenters. The summed E-state index contributed by atoms with van der Waals surface area (Å²) >= 11 is 5.94. The lowest BCUT2D eigenvalue weighted by atomic mass is 10.1. The normalized spacial score (nSPS) is 10.8. The van der Waals surface area contributed by atoms with Crippen molar-refractivity contribution in [2.24, 2.45) is 0 Å². The first-order valence-electron chi connectivity index (χ1n) is 5.32. The third-order valence-corrected chi connectivity index (χ3v) is 2.49. The third-order valence-electron chi connectivity index (χ3n) is 2.17. The van der Waals surface area contributed by atoms with Crippen LogP contribution in [0.3, 0.4) is 0 Å². The topological polar surface area (TPSA) is 26.3 Å². The van der Waals surface area contributed by atoms with Crippen molar-refractivity contribution in [1.82, 2.24) is 0 Å². The molecular weight excluding hydrogens is 243 g/mol. The van der Waals surface area contributed by atoms with E-state index in [-0.39, 0.29) is 18.2 Å². The van der Waals surface area contributed by atoms with E-state index in [1.54, 1.807) is 32.1 Å². The number of hydrogen-bond donors (Lipinski definition) is 0. The molecule has 0 atom stereocenters. The fraction of sp³-hybridized carbons (Fsp3) is 0.308. The minimum atomic E-state index is -0.315. The molecular formula is C13H14ClFO2. The maximum absolute atomic E-state index is 13.3. The number of esters is 1. The van der Waals surface area contributed by atoms with Crippen molar-refractivity contribution in [2.45, 2.75) is 20.3 Å². The van der Waals surface area contributed by atoms with Crippen molar-refractivity contribution in [3.8, 4) is 0 Å². The molecule has 17 heavy (non-hydrogen) atoms. The molecule has 0 saturated heterocycles. The Morgan fingerprint density at radius 3 is 2.88 bits per heavy atom. The van der Waals surface area contributed by atoms with E-state index in [1.807, 2.05) is 0 Å². The van der Waals surface area contributed by atoms with Gasteiger partial charge in [0, 0.05) is 5.02 Å². The summed E-state index contributed by atoms with van der Waals surface area (Å²) in [7, 11) is 0. The van der Waals surface area contributed by atoms with Crippen LogP contribution in [0.15, 0.2) is 18.2 Å². The quantitative estimate of drug-likeness (QED) is 0.767. The van der Waals surface area contributed by atoms with Crippen LogP contribution >= 0.6 is 11.6 Å². The van der Waals surface area contributed by atoms with Crippen LogP contribution in [0, 0.1) is 12.7 Å². The Balaban J connectivity index is 2.71. The Kier molecular flexibility index (Phi) is 5.16. The number of carbonyl (C=O) groups excluding carboxylic acids is 1. The van der Waals surface area contributed by atoms with E-state index in [9.17, 15) is 9.18 Å². The van der Waals surface area contributed by atoms with Crippen molar-refractivity contribution in [1.29, 1.82) is 0 Å². The molecule has 0 aliphatic carbocycles. The average Bonchev–Trinajstić information content (AvgIpc) is 2.26. The van der Waals surface area contributed by atoms with Gasteiger partial charge in [0.1, 0.15) is 5.82 Å². The van der Waals surface area contributed by atoms with E-state index in [2.05, 4.69) is 0 Å². The first-order chi connectivity index (χ1) is 8.04. The predicted octanol–water partition coefficient (Wildman–Crippen LogP) is 3.75. The van der Waals surface area contributed by atoms with Crippen molar-refractivity contribution in [2.75, 3.05) is 6.61 Å². The molecule has 4 heteroatoms. The summed E-state index contributed by atoms with van der Waals surface area (Å²) in [6, 6.07) is 2.90. The smallest absolute Gasteiger partial charge is 0.309 e. The van der Waals surface area contributed by atoms with Gasteiger partial charge < -0.3 is 4.74 Å². The van der Waals surface area contributed by atoms with Crippen molar-refractivity contribution < 1.29 is 13.9 Å². The Bertz CT molecular complexity index is 441. The van der Waals surface area contributed by atoms with E-state index < -0.39 is 0 Å². The van der Waals surface area contributed by atoms with Crippen LogP contribution in [-0.2, 0) is 9.53 Å². The van der Waals surface area contributed by atoms with Crippen LogP contribution in [0.2, 0.25) is 5.02 Å². The van der Waals surface area contributed by atoms with Crippen LogP contribution in [0.1, 0.15) is 24.5 Å². The van der Waals surface area contributed by atoms with Gasteiger partial charge in [0.05, 0.1) is 13.0 Å². The van der Waals surface area contributed by atoms with E-state index >= 15 is 0 Å². The number of aryl methyl sites for hydroxylation is 1. The van der Waals surface area contributed by atoms with Crippen LogP contribution in [0.4, 0.5) is 4.39 Å². The SMILES string of the molecule is CCOC(=O)CC=Cc1cc(F)c(C)cc1Cl. The maximum atomic E-state index is 13.3. The molecule has 0 amide bonds. The number of hydrogen-bond acceptors (Lipinski definition) is 2. The molecule has 1 rings (SSSR count). The molecule has 0 spiro atoms. The number of carbonyl (C=O) groups is 1. The Hall–Kier alpha value is -1.35. The van der Waals surface area contributed by atoms with E-state index in [0.717, 1.165) is 0 Å². The molecule has 1 aromatic rings. The lowest BCUT2D eigenvalue weighted by Gasteiger charge is -2.02. The summed E-state index contributed by atoms with van der Waals surface area (Å²) in [6.07, 6.45) is 3.37. The largest absolute Gasteiger partial charge is 0.466 e. The zero-order chi connectivity index (χ0) is 12.8. The third kappa shape index (κ3) is 4.19. The monoisotopic (exact) mass is 256 g/mol. The van der Waals surface area contributed by atoms with Gasteiger partial charge in [-0.1, -0.05) is 23.8 Å². The fourth-order valence-electron chi connectivity index (χ4n) is 1.29. The second kappa shape index (κ2) is 6.40. The summed E-state index contributed by atoms with van der Waals surface area (Å²) < 4.78 is 18.0. The number of rotatable bonds is 4. The summed E-state index contributed by atoms with van der Waals surface area (Å²) in [5.74, 6) is -0.627. The molecule has 0 aliphatic heterocycles. The average molecular weight is 257 g/mol. The highest BCUT2D eigenvalue weighted by molar-refractivity contribution is 6.32. The first-order valence-corrected chi connectivity index (χ1v) is 5.70. The van der Waals surface area contributed by atoms with Crippen molar-refractivity contribution in [3.05, 3.63) is 40.2 Å². The highest BCUT2D eigenvalue weighted by atomic mass is 35.5. The predicted molar refractivity (Wildman–Crippen MR) is 66.4 cm³/mol. The van der Waals surface area contributed by atoms with Crippen molar-refractivity contribution in [3.63, 3.8) is 0 Å². The zero-order valence-corrected chi connectivity index (χ0v) is 10.6. The van der Waals surface area contributed by atoms with Gasteiger partial charge in [0.15, 0.2) is 0 Å². The summed E-state index contributed by atoms with van der Waals surface area (Å²) in [4.78, 5) is 11.1. The summed E-state index contributed by atoms with van der Waals surface area (Å²) in [5, 5.41) is 0.462. The van der Waals surface area contributed by atoms with Crippen LogP contribution in [0.5, 0.6) is 0 Å². The van der Waals surface area contributed by atoms with Gasteiger partial charge in [-0.25, -0.2) is 4.39 Å². The van der Waals surface area contributed by atoms with E-state index in [1.165, 1.54) is 6.07 Å². The second-order valence-corrected chi connectivity index (χ2v) is 3.94. The lowest BCUT2D eigenvalue weighted by molar-refractivity contribution is -0.142. The van der Waals surface area contributed by atoms with Crippen LogP contribution in [-0.4, -0.2) is 12.6 Å². The highest BCUT2D eigenvalue weighted by Crippen LogP contribution is 2.21. The molecule has 92 valence electrons. The molecule has 0 heterocycles. The minimum Gasteiger partial charge on any atom is -0.466 e. The van der Waals surface area contributed by atoms with Gasteiger partial charge in [-0.05, 0) is 37.1 Å². The van der Waals surface area contributed by atoms with Crippen LogP contribution < -0.4 is 0 Å². The van der Waals surface area contributed by atoms with Gasteiger partial charge in [0.2, 0.25) is 0 Å². The molecule has 0 radical (unpaired) electrons. The van der Waals surface area contributed by atoms with Gasteiger partial charge in [-0.15, -0.1) is 0 Å². The Morgan fingerprint density at radius 1 is 1.53 bits per heavy atom. The Labute approximate surface area is 105 Å². The van der Waals surface area contributed by atoms with E-state index in [0.29, 0.717) is 22.8 Å². The minimum absolute atomic E-state index is 0.152. The van der Waals surface area contributed by atoms with Crippen LogP contribution in [0.25, 0.3) is 6.08 Å². The van der Waals surface area contributed by atoms with Gasteiger partial charge >= 0.3 is 5.97 Å². The highest BCUT2D eigenvalue weighted by Gasteiger charge is 2.03. The number of halogens is 2. The number of benzene rings is 1. The molecule has 2 nitrogen and oxygen atoms in total. The maximum Gasteiger partial charge on any atom is 0.309 e. The van der Waals surface area contributed by atoms with E-state index in [4.69, 9.17) is 16.3 Å². The standard InChI is InChI=1S/C13H14ClFO2/c1-3-17-13(16)6-4-5-10-8-12(15)9(2)7-11(10)14/h4-5,7-8H,3,6H2,1-2H3. The molecule has 0 aromatic heterocycles. The van der Waals surface area contributed by atoms with Gasteiger partial charge in [-0.3, -0.25) is 4.79 Å². The molecule has 0 aliphatic rings. The lowest BCUT2D eigenvalue weighted by Crippen LogP contribution is -2.01. The summed E-state index contributed by atoms with van der Waals surface area (Å²) in [6.45, 7) is 3.74. The molecule has 0 saturated carbocycles. The Morgan fingerprint density at radius 2 is 2.24 bits per heavy atom. The molecule has 1 aromatic carbocycles. The fourth-order valence-corrected chi connectivity index (χ4v) is 1.57. The zero-order valence-electron chi connectivity index (χ0n) is 9.80. The molecule has 0 fully saturated rings. The first kappa shape index (κ1) is 13.7. The number of ether oxygens (including phenoxy) is 1.